The minimum absolute atomic E-state index is 0.269. The van der Waals surface area contributed by atoms with Crippen LogP contribution in [0, 0.1) is 0 Å². The first kappa shape index (κ1) is 26.9. The van der Waals surface area contributed by atoms with E-state index in [1.165, 1.54) is 5.56 Å². The fourth-order valence-corrected chi connectivity index (χ4v) is 5.81. The molecule has 5 aromatic rings. The van der Waals surface area contributed by atoms with Crippen molar-refractivity contribution in [2.45, 2.75) is 25.4 Å². The zero-order chi connectivity index (χ0) is 28.2. The highest BCUT2D eigenvalue weighted by atomic mass is 32.1. The molecule has 1 fully saturated rings. The molecular weight excluding hydrogens is 538 g/mol. The summed E-state index contributed by atoms with van der Waals surface area (Å²) in [6.07, 6.45) is 3.80. The van der Waals surface area contributed by atoms with Gasteiger partial charge >= 0.3 is 0 Å². The lowest BCUT2D eigenvalue weighted by atomic mass is 10.0. The molecule has 0 saturated carbocycles. The van der Waals surface area contributed by atoms with Gasteiger partial charge in [-0.05, 0) is 29.9 Å². The van der Waals surface area contributed by atoms with Crippen molar-refractivity contribution in [3.05, 3.63) is 71.2 Å². The molecule has 1 aliphatic rings. The maximum atomic E-state index is 5.56. The van der Waals surface area contributed by atoms with Gasteiger partial charge < -0.3 is 24.8 Å². The lowest BCUT2D eigenvalue weighted by molar-refractivity contribution is 0.211. The number of nitrogens with zero attached hydrogens (tertiary/aromatic N) is 5. The zero-order valence-corrected chi connectivity index (χ0v) is 24.1. The summed E-state index contributed by atoms with van der Waals surface area (Å²) in [7, 11) is 4.78. The Morgan fingerprint density at radius 2 is 1.71 bits per heavy atom. The van der Waals surface area contributed by atoms with Gasteiger partial charge in [0.2, 0.25) is 11.7 Å². The maximum Gasteiger partial charge on any atom is 0.227 e. The summed E-state index contributed by atoms with van der Waals surface area (Å²) in [5, 5.41) is 11.2. The summed E-state index contributed by atoms with van der Waals surface area (Å²) < 4.78 is 18.6. The van der Waals surface area contributed by atoms with Crippen LogP contribution in [0.1, 0.15) is 18.4 Å². The van der Waals surface area contributed by atoms with E-state index in [-0.39, 0.29) is 6.04 Å². The first-order chi connectivity index (χ1) is 20.1. The standard InChI is InChI=1S/C30H33N7O3S/c1-38-24-15-22(16-25(39-2)27(24)40-3)32-28-26-29(37(19-31-26)23-11-14-41-18-23)35-30(34-28)33-21-9-12-36(13-10-21)17-20-7-5-4-6-8-20/h4-8,11,14-16,18-19,21H,9-10,12-13,17H2,1-3H3,(H2,32,33,34,35). The van der Waals surface area contributed by atoms with Crippen molar-refractivity contribution in [3.63, 3.8) is 0 Å². The van der Waals surface area contributed by atoms with Gasteiger partial charge in [-0.2, -0.15) is 21.3 Å². The van der Waals surface area contributed by atoms with Crippen molar-refractivity contribution in [3.8, 4) is 22.9 Å². The van der Waals surface area contributed by atoms with Crippen LogP contribution in [-0.2, 0) is 6.54 Å². The smallest absolute Gasteiger partial charge is 0.227 e. The summed E-state index contributed by atoms with van der Waals surface area (Å²) in [5.41, 5.74) is 4.46. The Morgan fingerprint density at radius 3 is 2.37 bits per heavy atom. The highest BCUT2D eigenvalue weighted by Gasteiger charge is 2.22. The molecule has 6 rings (SSSR count). The fraction of sp³-hybridized carbons (Fsp3) is 0.300. The molecule has 10 nitrogen and oxygen atoms in total. The monoisotopic (exact) mass is 571 g/mol. The Bertz CT molecular complexity index is 1570. The number of rotatable bonds is 10. The van der Waals surface area contributed by atoms with E-state index in [1.807, 2.05) is 22.1 Å². The molecule has 0 amide bonds. The molecule has 3 aromatic heterocycles. The van der Waals surface area contributed by atoms with E-state index < -0.39 is 0 Å². The largest absolute Gasteiger partial charge is 0.493 e. The van der Waals surface area contributed by atoms with Crippen molar-refractivity contribution < 1.29 is 14.2 Å². The Kier molecular flexibility index (Phi) is 7.88. The number of thiophene rings is 1. The number of aromatic nitrogens is 4. The van der Waals surface area contributed by atoms with Crippen LogP contribution in [0.3, 0.4) is 0 Å². The Morgan fingerprint density at radius 1 is 0.951 bits per heavy atom. The van der Waals surface area contributed by atoms with E-state index in [2.05, 4.69) is 62.3 Å². The second kappa shape index (κ2) is 12.0. The van der Waals surface area contributed by atoms with Gasteiger partial charge in [0.25, 0.3) is 0 Å². The van der Waals surface area contributed by atoms with Crippen LogP contribution in [0.25, 0.3) is 16.9 Å². The Hall–Kier alpha value is -4.35. The lowest BCUT2D eigenvalue weighted by Crippen LogP contribution is -2.39. The van der Waals surface area contributed by atoms with Crippen LogP contribution in [0.4, 0.5) is 17.5 Å². The van der Waals surface area contributed by atoms with E-state index in [9.17, 15) is 0 Å². The Labute approximate surface area is 242 Å². The third kappa shape index (κ3) is 5.77. The third-order valence-corrected chi connectivity index (χ3v) is 7.95. The van der Waals surface area contributed by atoms with Crippen LogP contribution in [-0.4, -0.2) is 64.9 Å². The van der Waals surface area contributed by atoms with E-state index >= 15 is 0 Å². The van der Waals surface area contributed by atoms with Crippen LogP contribution in [0.5, 0.6) is 17.2 Å². The fourth-order valence-electron chi connectivity index (χ4n) is 5.18. The molecule has 11 heteroatoms. The number of likely N-dealkylation sites (tertiary alicyclic amines) is 1. The predicted octanol–water partition coefficient (Wildman–Crippen LogP) is 5.72. The number of anilines is 3. The summed E-state index contributed by atoms with van der Waals surface area (Å²) in [6, 6.07) is 16.6. The molecule has 0 spiro atoms. The predicted molar refractivity (Wildman–Crippen MR) is 162 cm³/mol. The lowest BCUT2D eigenvalue weighted by Gasteiger charge is -2.32. The number of hydrogen-bond donors (Lipinski definition) is 2. The van der Waals surface area contributed by atoms with Crippen molar-refractivity contribution in [2.24, 2.45) is 0 Å². The number of ether oxygens (including phenoxy) is 3. The molecule has 0 aliphatic carbocycles. The highest BCUT2D eigenvalue weighted by Crippen LogP contribution is 2.41. The van der Waals surface area contributed by atoms with Gasteiger partial charge in [0, 0.05) is 48.9 Å². The normalized spacial score (nSPS) is 14.2. The molecule has 0 bridgehead atoms. The summed E-state index contributed by atoms with van der Waals surface area (Å²) in [6.45, 7) is 3.00. The molecule has 2 N–H and O–H groups in total. The van der Waals surface area contributed by atoms with Gasteiger partial charge in [0.05, 0.1) is 27.0 Å². The quantitative estimate of drug-likeness (QED) is 0.218. The van der Waals surface area contributed by atoms with Crippen molar-refractivity contribution >= 4 is 40.0 Å². The topological polar surface area (TPSA) is 98.6 Å². The number of piperidine rings is 1. The highest BCUT2D eigenvalue weighted by molar-refractivity contribution is 7.08. The molecule has 0 atom stereocenters. The minimum Gasteiger partial charge on any atom is -0.493 e. The summed E-state index contributed by atoms with van der Waals surface area (Å²) >= 11 is 1.63. The van der Waals surface area contributed by atoms with Gasteiger partial charge in [0.15, 0.2) is 28.5 Å². The van der Waals surface area contributed by atoms with Crippen LogP contribution in [0.15, 0.2) is 65.6 Å². The average Bonchev–Trinajstić information content (AvgIpc) is 3.69. The third-order valence-electron chi connectivity index (χ3n) is 7.28. The van der Waals surface area contributed by atoms with E-state index in [1.54, 1.807) is 39.0 Å². The molecule has 212 valence electrons. The van der Waals surface area contributed by atoms with Crippen LogP contribution >= 0.6 is 11.3 Å². The van der Waals surface area contributed by atoms with Crippen LogP contribution in [0.2, 0.25) is 0 Å². The van der Waals surface area contributed by atoms with Gasteiger partial charge in [-0.15, -0.1) is 0 Å². The number of fused-ring (bicyclic) bond motifs is 1. The molecule has 1 aliphatic heterocycles. The van der Waals surface area contributed by atoms with Gasteiger partial charge in [-0.25, -0.2) is 4.98 Å². The molecular formula is C30H33N7O3S. The van der Waals surface area contributed by atoms with E-state index in [0.717, 1.165) is 49.5 Å². The number of benzene rings is 2. The van der Waals surface area contributed by atoms with E-state index in [0.29, 0.717) is 34.5 Å². The summed E-state index contributed by atoms with van der Waals surface area (Å²) in [5.74, 6) is 2.76. The molecule has 0 unspecified atom stereocenters. The molecule has 41 heavy (non-hydrogen) atoms. The SMILES string of the molecule is COc1cc(Nc2nc(NC3CCN(Cc4ccccc4)CC3)nc3c2ncn3-c2ccsc2)cc(OC)c1OC. The first-order valence-electron chi connectivity index (χ1n) is 13.5. The number of hydrogen-bond acceptors (Lipinski definition) is 10. The molecule has 0 radical (unpaired) electrons. The number of nitrogens with one attached hydrogen (secondary N) is 2. The number of methoxy groups -OCH3 is 3. The van der Waals surface area contributed by atoms with Crippen LogP contribution < -0.4 is 24.8 Å². The zero-order valence-electron chi connectivity index (χ0n) is 23.3. The Balaban J connectivity index is 1.28. The van der Waals surface area contributed by atoms with Crippen molar-refractivity contribution in [2.75, 3.05) is 45.1 Å². The molecule has 1 saturated heterocycles. The summed E-state index contributed by atoms with van der Waals surface area (Å²) in [4.78, 5) is 17.0. The number of imidazole rings is 1. The van der Waals surface area contributed by atoms with Crippen molar-refractivity contribution in [1.29, 1.82) is 0 Å². The molecule has 4 heterocycles. The van der Waals surface area contributed by atoms with E-state index in [4.69, 9.17) is 24.2 Å². The van der Waals surface area contributed by atoms with Gasteiger partial charge in [-0.3, -0.25) is 9.47 Å². The van der Waals surface area contributed by atoms with Gasteiger partial charge in [0.1, 0.15) is 6.33 Å². The van der Waals surface area contributed by atoms with Crippen molar-refractivity contribution in [1.82, 2.24) is 24.4 Å². The molecule has 2 aromatic carbocycles. The average molecular weight is 572 g/mol. The second-order valence-corrected chi connectivity index (χ2v) is 10.7. The van der Waals surface area contributed by atoms with Gasteiger partial charge in [-0.1, -0.05) is 30.3 Å². The first-order valence-corrected chi connectivity index (χ1v) is 14.5. The minimum atomic E-state index is 0.269. The second-order valence-electron chi connectivity index (χ2n) is 9.88. The maximum absolute atomic E-state index is 5.56.